The van der Waals surface area contributed by atoms with Gasteiger partial charge in [0.2, 0.25) is 11.8 Å². The molecule has 1 fully saturated rings. The van der Waals surface area contributed by atoms with Crippen LogP contribution in [-0.4, -0.2) is 26.0 Å². The summed E-state index contributed by atoms with van der Waals surface area (Å²) in [6.07, 6.45) is 1.09. The smallest absolute Gasteiger partial charge is 0.228 e. The molecule has 2 aromatic carbocycles. The van der Waals surface area contributed by atoms with Crippen LogP contribution in [0.4, 0.5) is 11.4 Å². The summed E-state index contributed by atoms with van der Waals surface area (Å²) in [5.41, 5.74) is 1.24. The molecule has 2 N–H and O–H groups in total. The number of carbonyl (C=O) groups is 2. The van der Waals surface area contributed by atoms with Crippen molar-refractivity contribution in [3.05, 3.63) is 48.5 Å². The third-order valence-corrected chi connectivity index (χ3v) is 5.95. The average molecular weight is 396 g/mol. The van der Waals surface area contributed by atoms with Crippen LogP contribution in [0.25, 0.3) is 0 Å². The third kappa shape index (κ3) is 4.70. The first-order valence-electron chi connectivity index (χ1n) is 9.72. The molecule has 2 atom stereocenters. The predicted molar refractivity (Wildman–Crippen MR) is 113 cm³/mol. The molecule has 0 aliphatic heterocycles. The summed E-state index contributed by atoms with van der Waals surface area (Å²) in [4.78, 5) is 25.1. The highest BCUT2D eigenvalue weighted by molar-refractivity contribution is 5.95. The van der Waals surface area contributed by atoms with Gasteiger partial charge in [-0.3, -0.25) is 9.59 Å². The van der Waals surface area contributed by atoms with Gasteiger partial charge in [-0.25, -0.2) is 0 Å². The highest BCUT2D eigenvalue weighted by Gasteiger charge is 2.51. The Bertz CT molecular complexity index is 859. The van der Waals surface area contributed by atoms with Crippen LogP contribution in [0.3, 0.4) is 0 Å². The average Bonchev–Trinajstić information content (AvgIpc) is 2.71. The molecule has 6 nitrogen and oxygen atoms in total. The number of amides is 2. The van der Waals surface area contributed by atoms with Gasteiger partial charge in [0.25, 0.3) is 0 Å². The van der Waals surface area contributed by atoms with Crippen molar-refractivity contribution in [2.75, 3.05) is 24.9 Å². The molecule has 0 unspecified atom stereocenters. The minimum Gasteiger partial charge on any atom is -0.497 e. The molecule has 154 valence electrons. The summed E-state index contributed by atoms with van der Waals surface area (Å²) in [6.45, 7) is 4.11. The fraction of sp³-hybridized carbons (Fsp3) is 0.391. The number of nitrogens with one attached hydrogen (secondary N) is 2. The van der Waals surface area contributed by atoms with E-state index in [-0.39, 0.29) is 29.1 Å². The van der Waals surface area contributed by atoms with Gasteiger partial charge in [0, 0.05) is 23.7 Å². The van der Waals surface area contributed by atoms with E-state index in [0.29, 0.717) is 12.8 Å². The normalized spacial score (nSPS) is 19.6. The maximum absolute atomic E-state index is 12.7. The van der Waals surface area contributed by atoms with Crippen LogP contribution in [0, 0.1) is 17.3 Å². The lowest BCUT2D eigenvalue weighted by molar-refractivity contribution is -0.138. The zero-order chi connectivity index (χ0) is 21.0. The number of methoxy groups -OCH3 is 2. The quantitative estimate of drug-likeness (QED) is 0.730. The van der Waals surface area contributed by atoms with E-state index in [1.807, 2.05) is 48.5 Å². The molecular formula is C23H28N2O4. The van der Waals surface area contributed by atoms with Crippen LogP contribution in [0.5, 0.6) is 11.5 Å². The minimum absolute atomic E-state index is 0.00743. The Hall–Kier alpha value is -3.02. The van der Waals surface area contributed by atoms with Gasteiger partial charge in [-0.2, -0.15) is 0 Å². The zero-order valence-electron chi connectivity index (χ0n) is 17.3. The lowest BCUT2D eigenvalue weighted by Gasteiger charge is -2.51. The standard InChI is InChI=1S/C23H28N2O4/c1-23(2)15(14-21(26)24-16-5-9-18(28-3)10-6-16)13-20(23)22(27)25-17-7-11-19(29-4)12-8-17/h5-12,15,20H,13-14H2,1-4H3,(H,24,26)(H,25,27)/t15-,20+/m1/s1. The summed E-state index contributed by atoms with van der Waals surface area (Å²) >= 11 is 0. The SMILES string of the molecule is COc1ccc(NC(=O)C[C@H]2C[C@@H](C(=O)Nc3ccc(OC)cc3)C2(C)C)cc1. The van der Waals surface area contributed by atoms with E-state index in [4.69, 9.17) is 9.47 Å². The topological polar surface area (TPSA) is 76.7 Å². The molecule has 0 heterocycles. The van der Waals surface area contributed by atoms with Crippen LogP contribution in [-0.2, 0) is 9.59 Å². The molecular weight excluding hydrogens is 368 g/mol. The summed E-state index contributed by atoms with van der Waals surface area (Å²) in [6, 6.07) is 14.5. The lowest BCUT2D eigenvalue weighted by atomic mass is 9.53. The first kappa shape index (κ1) is 20.7. The van der Waals surface area contributed by atoms with Gasteiger partial charge in [0.15, 0.2) is 0 Å². The molecule has 6 heteroatoms. The molecule has 0 radical (unpaired) electrons. The van der Waals surface area contributed by atoms with Crippen LogP contribution in [0.2, 0.25) is 0 Å². The first-order valence-corrected chi connectivity index (χ1v) is 9.72. The Morgan fingerprint density at radius 3 is 1.83 bits per heavy atom. The van der Waals surface area contributed by atoms with E-state index in [9.17, 15) is 9.59 Å². The summed E-state index contributed by atoms with van der Waals surface area (Å²) < 4.78 is 10.3. The second kappa shape index (κ2) is 8.55. The van der Waals surface area contributed by atoms with E-state index in [0.717, 1.165) is 22.9 Å². The van der Waals surface area contributed by atoms with Gasteiger partial charge >= 0.3 is 0 Å². The van der Waals surface area contributed by atoms with Crippen LogP contribution >= 0.6 is 0 Å². The molecule has 1 aliphatic rings. The summed E-state index contributed by atoms with van der Waals surface area (Å²) in [5, 5.41) is 5.89. The number of ether oxygens (including phenoxy) is 2. The Morgan fingerprint density at radius 1 is 0.897 bits per heavy atom. The van der Waals surface area contributed by atoms with Gasteiger partial charge in [0.1, 0.15) is 11.5 Å². The van der Waals surface area contributed by atoms with Gasteiger partial charge in [0.05, 0.1) is 14.2 Å². The molecule has 1 saturated carbocycles. The highest BCUT2D eigenvalue weighted by Crippen LogP contribution is 2.53. The zero-order valence-corrected chi connectivity index (χ0v) is 17.3. The van der Waals surface area contributed by atoms with E-state index < -0.39 is 0 Å². The van der Waals surface area contributed by atoms with Crippen molar-refractivity contribution < 1.29 is 19.1 Å². The number of rotatable bonds is 7. The Balaban J connectivity index is 1.52. The molecule has 2 aromatic rings. The molecule has 0 bridgehead atoms. The molecule has 0 spiro atoms. The van der Waals surface area contributed by atoms with Gasteiger partial charge in [-0.05, 0) is 66.3 Å². The summed E-state index contributed by atoms with van der Waals surface area (Å²) in [5.74, 6) is 1.48. The maximum Gasteiger partial charge on any atom is 0.228 e. The van der Waals surface area contributed by atoms with E-state index in [1.54, 1.807) is 14.2 Å². The number of anilines is 2. The molecule has 29 heavy (non-hydrogen) atoms. The number of hydrogen-bond donors (Lipinski definition) is 2. The maximum atomic E-state index is 12.7. The molecule has 1 aliphatic carbocycles. The van der Waals surface area contributed by atoms with Crippen molar-refractivity contribution in [2.24, 2.45) is 17.3 Å². The van der Waals surface area contributed by atoms with Crippen molar-refractivity contribution in [3.8, 4) is 11.5 Å². The monoisotopic (exact) mass is 396 g/mol. The van der Waals surface area contributed by atoms with Gasteiger partial charge in [-0.1, -0.05) is 13.8 Å². The number of hydrogen-bond acceptors (Lipinski definition) is 4. The molecule has 2 amide bonds. The van der Waals surface area contributed by atoms with Gasteiger partial charge in [-0.15, -0.1) is 0 Å². The molecule has 0 saturated heterocycles. The lowest BCUT2D eigenvalue weighted by Crippen LogP contribution is -2.51. The Morgan fingerprint density at radius 2 is 1.38 bits per heavy atom. The van der Waals surface area contributed by atoms with E-state index >= 15 is 0 Å². The predicted octanol–water partition coefficient (Wildman–Crippen LogP) is 4.33. The fourth-order valence-corrected chi connectivity index (χ4v) is 3.82. The number of carbonyl (C=O) groups excluding carboxylic acids is 2. The molecule has 3 rings (SSSR count). The molecule has 0 aromatic heterocycles. The van der Waals surface area contributed by atoms with E-state index in [1.165, 1.54) is 0 Å². The Kier molecular flexibility index (Phi) is 6.11. The van der Waals surface area contributed by atoms with Crippen LogP contribution < -0.4 is 20.1 Å². The van der Waals surface area contributed by atoms with Crippen molar-refractivity contribution in [3.63, 3.8) is 0 Å². The van der Waals surface area contributed by atoms with Gasteiger partial charge < -0.3 is 20.1 Å². The van der Waals surface area contributed by atoms with Crippen LogP contribution in [0.1, 0.15) is 26.7 Å². The highest BCUT2D eigenvalue weighted by atomic mass is 16.5. The fourth-order valence-electron chi connectivity index (χ4n) is 3.82. The van der Waals surface area contributed by atoms with E-state index in [2.05, 4.69) is 24.5 Å². The van der Waals surface area contributed by atoms with Crippen LogP contribution in [0.15, 0.2) is 48.5 Å². The third-order valence-electron chi connectivity index (χ3n) is 5.95. The van der Waals surface area contributed by atoms with Crippen molar-refractivity contribution in [2.45, 2.75) is 26.7 Å². The Labute approximate surface area is 171 Å². The second-order valence-corrected chi connectivity index (χ2v) is 8.01. The minimum atomic E-state index is -0.242. The second-order valence-electron chi connectivity index (χ2n) is 8.01. The van der Waals surface area contributed by atoms with Crippen molar-refractivity contribution >= 4 is 23.2 Å². The van der Waals surface area contributed by atoms with Crippen molar-refractivity contribution in [1.29, 1.82) is 0 Å². The first-order chi connectivity index (χ1) is 13.8. The number of benzene rings is 2. The van der Waals surface area contributed by atoms with Crippen molar-refractivity contribution in [1.82, 2.24) is 0 Å². The summed E-state index contributed by atoms with van der Waals surface area (Å²) in [7, 11) is 3.21. The largest absolute Gasteiger partial charge is 0.497 e.